The molecule has 2 heterocycles. The van der Waals surface area contributed by atoms with Crippen LogP contribution in [0.1, 0.15) is 37.4 Å². The molecule has 0 aliphatic carbocycles. The predicted molar refractivity (Wildman–Crippen MR) is 65.6 cm³/mol. The molecule has 0 bridgehead atoms. The van der Waals surface area contributed by atoms with E-state index in [4.69, 9.17) is 5.11 Å². The van der Waals surface area contributed by atoms with Crippen molar-refractivity contribution in [3.05, 3.63) is 23.4 Å². The summed E-state index contributed by atoms with van der Waals surface area (Å²) >= 11 is 0. The number of aryl methyl sites for hydroxylation is 1. The summed E-state index contributed by atoms with van der Waals surface area (Å²) in [6.45, 7) is 5.40. The zero-order chi connectivity index (χ0) is 11.5. The Morgan fingerprint density at radius 2 is 2.25 bits per heavy atom. The van der Waals surface area contributed by atoms with Crippen LogP contribution in [0.15, 0.2) is 12.1 Å². The van der Waals surface area contributed by atoms with E-state index in [-0.39, 0.29) is 6.61 Å². The first-order valence-electron chi connectivity index (χ1n) is 6.06. The van der Waals surface area contributed by atoms with Crippen molar-refractivity contribution >= 4 is 5.82 Å². The number of aliphatic hydroxyl groups excluding tert-OH is 1. The first kappa shape index (κ1) is 11.4. The minimum Gasteiger partial charge on any atom is -0.392 e. The lowest BCUT2D eigenvalue weighted by atomic mass is 10.0. The van der Waals surface area contributed by atoms with E-state index >= 15 is 0 Å². The van der Waals surface area contributed by atoms with E-state index in [1.807, 2.05) is 19.1 Å². The highest BCUT2D eigenvalue weighted by molar-refractivity contribution is 5.42. The van der Waals surface area contributed by atoms with Crippen molar-refractivity contribution in [2.45, 2.75) is 45.8 Å². The average molecular weight is 220 g/mol. The molecule has 0 aromatic carbocycles. The fraction of sp³-hybridized carbons (Fsp3) is 0.615. The van der Waals surface area contributed by atoms with Crippen LogP contribution >= 0.6 is 0 Å². The molecule has 1 aromatic heterocycles. The van der Waals surface area contributed by atoms with Gasteiger partial charge < -0.3 is 10.0 Å². The summed E-state index contributed by atoms with van der Waals surface area (Å²) in [4.78, 5) is 6.96. The lowest BCUT2D eigenvalue weighted by molar-refractivity contribution is 0.280. The van der Waals surface area contributed by atoms with E-state index in [1.54, 1.807) is 0 Å². The number of nitrogens with zero attached hydrogens (tertiary/aromatic N) is 2. The summed E-state index contributed by atoms with van der Waals surface area (Å²) in [5.74, 6) is 1.06. The Morgan fingerprint density at radius 1 is 1.44 bits per heavy atom. The summed E-state index contributed by atoms with van der Waals surface area (Å²) in [5.41, 5.74) is 1.87. The largest absolute Gasteiger partial charge is 0.392 e. The van der Waals surface area contributed by atoms with Crippen molar-refractivity contribution in [3.8, 4) is 0 Å². The van der Waals surface area contributed by atoms with Gasteiger partial charge in [-0.15, -0.1) is 0 Å². The molecule has 0 spiro atoms. The molecule has 1 fully saturated rings. The van der Waals surface area contributed by atoms with Crippen LogP contribution in [0.4, 0.5) is 5.82 Å². The molecule has 0 amide bonds. The second-order valence-electron chi connectivity index (χ2n) is 4.61. The molecule has 16 heavy (non-hydrogen) atoms. The number of hydrogen-bond acceptors (Lipinski definition) is 3. The van der Waals surface area contributed by atoms with Crippen molar-refractivity contribution in [1.29, 1.82) is 0 Å². The number of pyridine rings is 1. The molecule has 3 heteroatoms. The van der Waals surface area contributed by atoms with Gasteiger partial charge in [0.2, 0.25) is 0 Å². The predicted octanol–water partition coefficient (Wildman–Crippen LogP) is 2.26. The Bertz CT molecular complexity index is 365. The number of rotatable bonds is 2. The van der Waals surface area contributed by atoms with Gasteiger partial charge in [0.25, 0.3) is 0 Å². The van der Waals surface area contributed by atoms with Crippen molar-refractivity contribution in [3.63, 3.8) is 0 Å². The zero-order valence-electron chi connectivity index (χ0n) is 10.1. The molecule has 1 atom stereocenters. The third-order valence-electron chi connectivity index (χ3n) is 3.45. The van der Waals surface area contributed by atoms with Gasteiger partial charge in [-0.2, -0.15) is 0 Å². The molecule has 1 aliphatic rings. The summed E-state index contributed by atoms with van der Waals surface area (Å²) in [6, 6.07) is 4.60. The highest BCUT2D eigenvalue weighted by Gasteiger charge is 2.19. The van der Waals surface area contributed by atoms with Crippen LogP contribution in [0.3, 0.4) is 0 Å². The molecule has 0 saturated carbocycles. The lowest BCUT2D eigenvalue weighted by Crippen LogP contribution is -2.38. The lowest BCUT2D eigenvalue weighted by Gasteiger charge is -2.34. The first-order chi connectivity index (χ1) is 7.72. The van der Waals surface area contributed by atoms with Crippen molar-refractivity contribution in [2.75, 3.05) is 11.4 Å². The maximum absolute atomic E-state index is 9.12. The normalized spacial score (nSPS) is 21.2. The summed E-state index contributed by atoms with van der Waals surface area (Å²) in [5, 5.41) is 9.12. The van der Waals surface area contributed by atoms with Crippen LogP contribution in [0, 0.1) is 6.92 Å². The Balaban J connectivity index is 2.22. The van der Waals surface area contributed by atoms with Gasteiger partial charge in [0.05, 0.1) is 6.61 Å². The monoisotopic (exact) mass is 220 g/mol. The molecule has 88 valence electrons. The Morgan fingerprint density at radius 3 is 2.88 bits per heavy atom. The van der Waals surface area contributed by atoms with Gasteiger partial charge in [0.1, 0.15) is 5.82 Å². The van der Waals surface area contributed by atoms with Crippen molar-refractivity contribution in [1.82, 2.24) is 4.98 Å². The van der Waals surface area contributed by atoms with Gasteiger partial charge in [0, 0.05) is 18.3 Å². The quantitative estimate of drug-likeness (QED) is 0.830. The van der Waals surface area contributed by atoms with Crippen LogP contribution in [0.2, 0.25) is 0 Å². The molecule has 2 rings (SSSR count). The number of aromatic nitrogens is 1. The Hall–Kier alpha value is -1.09. The SMILES string of the molecule is Cc1nc(N2CCCCC2C)ccc1CO. The topological polar surface area (TPSA) is 36.4 Å². The number of hydrogen-bond donors (Lipinski definition) is 1. The maximum atomic E-state index is 9.12. The molecule has 1 N–H and O–H groups in total. The Kier molecular flexibility index (Phi) is 3.44. The second-order valence-corrected chi connectivity index (χ2v) is 4.61. The van der Waals surface area contributed by atoms with Gasteiger partial charge in [-0.1, -0.05) is 6.07 Å². The van der Waals surface area contributed by atoms with E-state index in [1.165, 1.54) is 19.3 Å². The molecule has 1 aliphatic heterocycles. The van der Waals surface area contributed by atoms with E-state index in [0.717, 1.165) is 23.6 Å². The fourth-order valence-corrected chi connectivity index (χ4v) is 2.34. The van der Waals surface area contributed by atoms with E-state index < -0.39 is 0 Å². The molecule has 1 aromatic rings. The van der Waals surface area contributed by atoms with Crippen LogP contribution < -0.4 is 4.90 Å². The summed E-state index contributed by atoms with van der Waals surface area (Å²) < 4.78 is 0. The first-order valence-corrected chi connectivity index (χ1v) is 6.06. The fourth-order valence-electron chi connectivity index (χ4n) is 2.34. The molecule has 3 nitrogen and oxygen atoms in total. The smallest absolute Gasteiger partial charge is 0.129 e. The van der Waals surface area contributed by atoms with Crippen LogP contribution in [0.5, 0.6) is 0 Å². The summed E-state index contributed by atoms with van der Waals surface area (Å²) in [7, 11) is 0. The van der Waals surface area contributed by atoms with Crippen molar-refractivity contribution < 1.29 is 5.11 Å². The third kappa shape index (κ3) is 2.19. The average Bonchev–Trinajstić information content (AvgIpc) is 2.29. The molecule has 0 radical (unpaired) electrons. The van der Waals surface area contributed by atoms with E-state index in [9.17, 15) is 0 Å². The highest BCUT2D eigenvalue weighted by Crippen LogP contribution is 2.23. The summed E-state index contributed by atoms with van der Waals surface area (Å²) in [6.07, 6.45) is 3.83. The van der Waals surface area contributed by atoms with Gasteiger partial charge in [-0.3, -0.25) is 0 Å². The number of piperidine rings is 1. The Labute approximate surface area is 97.1 Å². The van der Waals surface area contributed by atoms with Crippen LogP contribution in [-0.4, -0.2) is 22.7 Å². The molecular weight excluding hydrogens is 200 g/mol. The minimum atomic E-state index is 0.0780. The number of anilines is 1. The maximum Gasteiger partial charge on any atom is 0.129 e. The van der Waals surface area contributed by atoms with Gasteiger partial charge in [-0.25, -0.2) is 4.98 Å². The second kappa shape index (κ2) is 4.83. The van der Waals surface area contributed by atoms with Gasteiger partial charge >= 0.3 is 0 Å². The molecule has 1 unspecified atom stereocenters. The third-order valence-corrected chi connectivity index (χ3v) is 3.45. The van der Waals surface area contributed by atoms with Crippen molar-refractivity contribution in [2.24, 2.45) is 0 Å². The zero-order valence-corrected chi connectivity index (χ0v) is 10.1. The van der Waals surface area contributed by atoms with Gasteiger partial charge in [-0.05, 0) is 44.7 Å². The standard InChI is InChI=1S/C13H20N2O/c1-10-5-3-4-8-15(10)13-7-6-12(9-16)11(2)14-13/h6-7,10,16H,3-5,8-9H2,1-2H3. The van der Waals surface area contributed by atoms with Crippen LogP contribution in [-0.2, 0) is 6.61 Å². The van der Waals surface area contributed by atoms with E-state index in [2.05, 4.69) is 16.8 Å². The van der Waals surface area contributed by atoms with Crippen LogP contribution in [0.25, 0.3) is 0 Å². The van der Waals surface area contributed by atoms with Gasteiger partial charge in [0.15, 0.2) is 0 Å². The van der Waals surface area contributed by atoms with E-state index in [0.29, 0.717) is 6.04 Å². The minimum absolute atomic E-state index is 0.0780. The number of aliphatic hydroxyl groups is 1. The molecular formula is C13H20N2O. The highest BCUT2D eigenvalue weighted by atomic mass is 16.3. The molecule has 1 saturated heterocycles.